The molecule has 10 heteroatoms. The first kappa shape index (κ1) is 21.9. The standard InChI is InChI=1S/C22H23F2N3O5/c1-10-17(28)15-14(20(30)25-8-11-5-6-12(23)7-13(11)24)18(29)19(32-4)16-21(31)26(3)9-22(10,2)27(15)16/h5-7,10,17,28H,8-9H2,1-4H3,(H,25,30). The second-order valence-corrected chi connectivity index (χ2v) is 8.48. The highest BCUT2D eigenvalue weighted by atomic mass is 19.1. The Hall–Kier alpha value is -3.27. The number of hydrogen-bond acceptors (Lipinski definition) is 5. The maximum absolute atomic E-state index is 14.0. The second kappa shape index (κ2) is 7.40. The van der Waals surface area contributed by atoms with Crippen LogP contribution in [-0.2, 0) is 12.1 Å². The summed E-state index contributed by atoms with van der Waals surface area (Å²) in [5, 5.41) is 13.5. The number of amides is 2. The lowest BCUT2D eigenvalue weighted by atomic mass is 9.84. The van der Waals surface area contributed by atoms with Crippen molar-refractivity contribution in [2.45, 2.75) is 32.0 Å². The second-order valence-electron chi connectivity index (χ2n) is 8.48. The van der Waals surface area contributed by atoms with E-state index in [2.05, 4.69) is 5.32 Å². The van der Waals surface area contributed by atoms with E-state index in [1.54, 1.807) is 14.0 Å². The van der Waals surface area contributed by atoms with Crippen LogP contribution in [0.3, 0.4) is 0 Å². The third-order valence-corrected chi connectivity index (χ3v) is 6.61. The number of carbonyl (C=O) groups excluding carboxylic acids is 2. The van der Waals surface area contributed by atoms with Crippen molar-refractivity contribution in [1.29, 1.82) is 0 Å². The molecular weight excluding hydrogens is 424 g/mol. The zero-order chi connectivity index (χ0) is 23.5. The number of halogens is 2. The van der Waals surface area contributed by atoms with Gasteiger partial charge in [-0.3, -0.25) is 14.4 Å². The van der Waals surface area contributed by atoms with Crippen molar-refractivity contribution < 1.29 is 28.2 Å². The van der Waals surface area contributed by atoms with Crippen LogP contribution >= 0.6 is 0 Å². The zero-order valence-corrected chi connectivity index (χ0v) is 18.0. The van der Waals surface area contributed by atoms with Gasteiger partial charge in [0.05, 0.1) is 24.4 Å². The van der Waals surface area contributed by atoms with Crippen LogP contribution in [0.2, 0.25) is 0 Å². The number of carbonyl (C=O) groups is 2. The monoisotopic (exact) mass is 447 g/mol. The number of aromatic nitrogens is 1. The Morgan fingerprint density at radius 1 is 1.34 bits per heavy atom. The average molecular weight is 447 g/mol. The number of aliphatic hydroxyl groups is 1. The number of hydrogen-bond donors (Lipinski definition) is 2. The third kappa shape index (κ3) is 2.93. The van der Waals surface area contributed by atoms with Gasteiger partial charge in [0.25, 0.3) is 11.8 Å². The number of methoxy groups -OCH3 is 1. The number of ether oxygens (including phenoxy) is 1. The molecule has 2 N–H and O–H groups in total. The van der Waals surface area contributed by atoms with E-state index in [0.717, 1.165) is 6.07 Å². The molecule has 3 unspecified atom stereocenters. The van der Waals surface area contributed by atoms with Crippen molar-refractivity contribution in [3.05, 3.63) is 62.6 Å². The van der Waals surface area contributed by atoms with E-state index in [1.165, 1.54) is 22.6 Å². The van der Waals surface area contributed by atoms with Crippen molar-refractivity contribution in [2.75, 3.05) is 20.7 Å². The van der Waals surface area contributed by atoms with Crippen LogP contribution < -0.4 is 15.5 Å². The van der Waals surface area contributed by atoms with Gasteiger partial charge in [-0.2, -0.15) is 0 Å². The Morgan fingerprint density at radius 3 is 2.66 bits per heavy atom. The fourth-order valence-electron chi connectivity index (χ4n) is 4.74. The highest BCUT2D eigenvalue weighted by Crippen LogP contribution is 2.49. The van der Waals surface area contributed by atoms with Crippen molar-refractivity contribution in [1.82, 2.24) is 14.8 Å². The maximum atomic E-state index is 14.0. The summed E-state index contributed by atoms with van der Waals surface area (Å²) in [5.74, 6) is -3.64. The van der Waals surface area contributed by atoms with Gasteiger partial charge in [0, 0.05) is 37.7 Å². The lowest BCUT2D eigenvalue weighted by Gasteiger charge is -2.42. The van der Waals surface area contributed by atoms with Crippen molar-refractivity contribution in [3.8, 4) is 5.75 Å². The molecule has 32 heavy (non-hydrogen) atoms. The molecule has 4 rings (SSSR count). The van der Waals surface area contributed by atoms with E-state index in [9.17, 15) is 28.3 Å². The molecule has 3 atom stereocenters. The minimum absolute atomic E-state index is 0.0201. The number of rotatable bonds is 4. The largest absolute Gasteiger partial charge is 0.491 e. The van der Waals surface area contributed by atoms with Gasteiger partial charge in [-0.05, 0) is 13.0 Å². The minimum Gasteiger partial charge on any atom is -0.491 e. The zero-order valence-electron chi connectivity index (χ0n) is 18.0. The summed E-state index contributed by atoms with van der Waals surface area (Å²) in [7, 11) is 2.82. The number of likely N-dealkylation sites (N-methyl/N-ethyl adjacent to an activating group) is 1. The smallest absolute Gasteiger partial charge is 0.274 e. The number of nitrogens with zero attached hydrogens (tertiary/aromatic N) is 2. The fraction of sp³-hybridized carbons (Fsp3) is 0.409. The number of nitrogens with one attached hydrogen (secondary N) is 1. The van der Waals surface area contributed by atoms with E-state index in [0.29, 0.717) is 6.07 Å². The molecule has 2 aromatic rings. The highest BCUT2D eigenvalue weighted by molar-refractivity contribution is 6.00. The molecule has 3 heterocycles. The highest BCUT2D eigenvalue weighted by Gasteiger charge is 2.54. The number of aliphatic hydroxyl groups excluding tert-OH is 1. The Balaban J connectivity index is 1.86. The normalized spacial score (nSPS) is 23.8. The Kier molecular flexibility index (Phi) is 5.08. The summed E-state index contributed by atoms with van der Waals surface area (Å²) in [6, 6.07) is 2.93. The van der Waals surface area contributed by atoms with Gasteiger partial charge in [0.15, 0.2) is 11.4 Å². The van der Waals surface area contributed by atoms with E-state index in [4.69, 9.17) is 4.74 Å². The van der Waals surface area contributed by atoms with Crippen LogP contribution in [-0.4, -0.2) is 47.1 Å². The van der Waals surface area contributed by atoms with E-state index >= 15 is 0 Å². The first-order chi connectivity index (χ1) is 15.0. The SMILES string of the molecule is COc1c2n3c(c(C(=O)NCc4ccc(F)cc4F)c1=O)C(O)C(C)C3(C)CN(C)C2=O. The first-order valence-corrected chi connectivity index (χ1v) is 10.1. The number of pyridine rings is 1. The molecule has 2 aliphatic heterocycles. The van der Waals surface area contributed by atoms with Crippen LogP contribution in [0.1, 0.15) is 52.1 Å². The van der Waals surface area contributed by atoms with E-state index in [-0.39, 0.29) is 41.4 Å². The molecular formula is C22H23F2N3O5. The Labute approximate surface area is 182 Å². The predicted octanol–water partition coefficient (Wildman–Crippen LogP) is 1.55. The Morgan fingerprint density at radius 2 is 2.03 bits per heavy atom. The lowest BCUT2D eigenvalue weighted by molar-refractivity contribution is 0.0422. The Bertz CT molecular complexity index is 1210. The van der Waals surface area contributed by atoms with Crippen LogP contribution in [0.4, 0.5) is 8.78 Å². The van der Waals surface area contributed by atoms with Gasteiger partial charge in [0.2, 0.25) is 5.43 Å². The summed E-state index contributed by atoms with van der Waals surface area (Å²) < 4.78 is 33.9. The molecule has 0 saturated heterocycles. The maximum Gasteiger partial charge on any atom is 0.274 e. The van der Waals surface area contributed by atoms with Crippen LogP contribution in [0, 0.1) is 17.6 Å². The van der Waals surface area contributed by atoms with Crippen LogP contribution in [0.25, 0.3) is 0 Å². The van der Waals surface area contributed by atoms with Crippen LogP contribution in [0.15, 0.2) is 23.0 Å². The summed E-state index contributed by atoms with van der Waals surface area (Å²) >= 11 is 0. The van der Waals surface area contributed by atoms with Gasteiger partial charge in [-0.1, -0.05) is 13.0 Å². The summed E-state index contributed by atoms with van der Waals surface area (Å²) in [6.07, 6.45) is -1.19. The van der Waals surface area contributed by atoms with Gasteiger partial charge >= 0.3 is 0 Å². The molecule has 0 radical (unpaired) electrons. The molecule has 0 bridgehead atoms. The van der Waals surface area contributed by atoms with E-state index in [1.807, 2.05) is 6.92 Å². The molecule has 0 aliphatic carbocycles. The molecule has 1 aromatic heterocycles. The third-order valence-electron chi connectivity index (χ3n) is 6.61. The molecule has 1 aromatic carbocycles. The predicted molar refractivity (Wildman–Crippen MR) is 110 cm³/mol. The van der Waals surface area contributed by atoms with E-state index < -0.39 is 46.4 Å². The van der Waals surface area contributed by atoms with Crippen LogP contribution in [0.5, 0.6) is 5.75 Å². The molecule has 8 nitrogen and oxygen atoms in total. The summed E-state index contributed by atoms with van der Waals surface area (Å²) in [4.78, 5) is 40.7. The van der Waals surface area contributed by atoms with Gasteiger partial charge in [0.1, 0.15) is 17.2 Å². The topological polar surface area (TPSA) is 101 Å². The molecule has 0 saturated carbocycles. The first-order valence-electron chi connectivity index (χ1n) is 10.1. The number of benzene rings is 1. The molecule has 0 fully saturated rings. The minimum atomic E-state index is -1.19. The fourth-order valence-corrected chi connectivity index (χ4v) is 4.74. The summed E-state index contributed by atoms with van der Waals surface area (Å²) in [6.45, 7) is 3.57. The molecule has 2 aliphatic rings. The lowest BCUT2D eigenvalue weighted by Crippen LogP contribution is -2.53. The summed E-state index contributed by atoms with van der Waals surface area (Å²) in [5.41, 5.74) is -1.96. The quantitative estimate of drug-likeness (QED) is 0.741. The molecule has 0 spiro atoms. The van der Waals surface area contributed by atoms with Crippen molar-refractivity contribution in [3.63, 3.8) is 0 Å². The molecule has 2 amide bonds. The van der Waals surface area contributed by atoms with Gasteiger partial charge in [-0.25, -0.2) is 8.78 Å². The van der Waals surface area contributed by atoms with Gasteiger partial charge < -0.3 is 24.6 Å². The molecule has 170 valence electrons. The van der Waals surface area contributed by atoms with Gasteiger partial charge in [-0.15, -0.1) is 0 Å². The van der Waals surface area contributed by atoms with Crippen molar-refractivity contribution >= 4 is 11.8 Å². The average Bonchev–Trinajstić information content (AvgIpc) is 2.92. The van der Waals surface area contributed by atoms with Crippen molar-refractivity contribution in [2.24, 2.45) is 5.92 Å².